The van der Waals surface area contributed by atoms with Gasteiger partial charge in [0.05, 0.1) is 29.7 Å². The third-order valence-electron chi connectivity index (χ3n) is 5.23. The number of fused-ring (bicyclic) bond motifs is 1. The molecule has 0 fully saturated rings. The Hall–Kier alpha value is -3.48. The number of hydrogen-bond donors (Lipinski definition) is 1. The normalized spacial score (nSPS) is 14.8. The molecule has 166 valence electrons. The first-order valence-electron chi connectivity index (χ1n) is 10.7. The van der Waals surface area contributed by atoms with Crippen molar-refractivity contribution in [3.8, 4) is 22.8 Å². The van der Waals surface area contributed by atoms with Gasteiger partial charge in [0, 0.05) is 29.3 Å². The van der Waals surface area contributed by atoms with E-state index in [1.807, 2.05) is 27.7 Å². The molecule has 1 N–H and O–H groups in total. The average Bonchev–Trinajstić information content (AvgIpc) is 3.19. The highest BCUT2D eigenvalue weighted by Crippen LogP contribution is 2.40. The van der Waals surface area contributed by atoms with Crippen molar-refractivity contribution in [1.82, 2.24) is 15.3 Å². The summed E-state index contributed by atoms with van der Waals surface area (Å²) in [5.41, 5.74) is 3.93. The second-order valence-electron chi connectivity index (χ2n) is 8.19. The van der Waals surface area contributed by atoms with Crippen molar-refractivity contribution >= 4 is 5.91 Å². The molecule has 32 heavy (non-hydrogen) atoms. The van der Waals surface area contributed by atoms with E-state index in [9.17, 15) is 9.18 Å². The van der Waals surface area contributed by atoms with Crippen molar-refractivity contribution in [2.45, 2.75) is 46.3 Å². The van der Waals surface area contributed by atoms with Crippen molar-refractivity contribution in [1.29, 1.82) is 0 Å². The summed E-state index contributed by atoms with van der Waals surface area (Å²) in [6.07, 6.45) is 1.76. The summed E-state index contributed by atoms with van der Waals surface area (Å²) in [6, 6.07) is 10.1. The number of carbonyl (C=O) groups excluding carboxylic acids is 1. The van der Waals surface area contributed by atoms with Crippen LogP contribution in [0.15, 0.2) is 42.6 Å². The van der Waals surface area contributed by atoms with Gasteiger partial charge in [-0.25, -0.2) is 9.37 Å². The molecule has 2 heterocycles. The summed E-state index contributed by atoms with van der Waals surface area (Å²) in [7, 11) is 0. The largest absolute Gasteiger partial charge is 0.491 e. The molecule has 1 atom stereocenters. The molecule has 6 nitrogen and oxygen atoms in total. The predicted molar refractivity (Wildman–Crippen MR) is 120 cm³/mol. The van der Waals surface area contributed by atoms with E-state index in [1.165, 1.54) is 6.07 Å². The number of halogens is 1. The van der Waals surface area contributed by atoms with Crippen molar-refractivity contribution < 1.29 is 18.7 Å². The molecule has 1 aliphatic heterocycles. The number of carbonyl (C=O) groups is 1. The molecule has 1 unspecified atom stereocenters. The first kappa shape index (κ1) is 21.7. The fourth-order valence-electron chi connectivity index (χ4n) is 3.72. The molecule has 0 saturated heterocycles. The summed E-state index contributed by atoms with van der Waals surface area (Å²) in [5, 5.41) is 2.88. The summed E-state index contributed by atoms with van der Waals surface area (Å²) in [6.45, 7) is 7.87. The van der Waals surface area contributed by atoms with E-state index < -0.39 is 0 Å². The van der Waals surface area contributed by atoms with Gasteiger partial charge in [-0.1, -0.05) is 0 Å². The third kappa shape index (κ3) is 4.56. The molecule has 2 aromatic carbocycles. The van der Waals surface area contributed by atoms with Gasteiger partial charge in [-0.05, 0) is 64.1 Å². The van der Waals surface area contributed by atoms with Crippen LogP contribution in [-0.4, -0.2) is 34.6 Å². The lowest BCUT2D eigenvalue weighted by atomic mass is 10.0. The Labute approximate surface area is 186 Å². The Bertz CT molecular complexity index is 1150. The molecule has 1 aromatic heterocycles. The van der Waals surface area contributed by atoms with Crippen molar-refractivity contribution in [3.63, 3.8) is 0 Å². The Balaban J connectivity index is 1.46. The second-order valence-corrected chi connectivity index (χ2v) is 8.19. The fraction of sp³-hybridized carbons (Fsp3) is 0.320. The molecule has 0 saturated carbocycles. The zero-order valence-corrected chi connectivity index (χ0v) is 18.6. The predicted octanol–water partition coefficient (Wildman–Crippen LogP) is 4.42. The van der Waals surface area contributed by atoms with Gasteiger partial charge in [-0.15, -0.1) is 0 Å². The summed E-state index contributed by atoms with van der Waals surface area (Å²) in [4.78, 5) is 21.5. The highest BCUT2D eigenvalue weighted by Gasteiger charge is 2.30. The van der Waals surface area contributed by atoms with E-state index >= 15 is 0 Å². The molecule has 0 radical (unpaired) electrons. The topological polar surface area (TPSA) is 73.3 Å². The Morgan fingerprint density at radius 1 is 1.22 bits per heavy atom. The highest BCUT2D eigenvalue weighted by atomic mass is 19.1. The molecule has 4 rings (SSSR count). The van der Waals surface area contributed by atoms with E-state index in [2.05, 4.69) is 15.3 Å². The number of amides is 1. The van der Waals surface area contributed by atoms with Crippen LogP contribution in [0.2, 0.25) is 0 Å². The number of aromatic nitrogens is 2. The van der Waals surface area contributed by atoms with Gasteiger partial charge in [0.25, 0.3) is 5.91 Å². The van der Waals surface area contributed by atoms with Crippen molar-refractivity contribution in [2.75, 3.05) is 6.54 Å². The van der Waals surface area contributed by atoms with Crippen LogP contribution in [0.1, 0.15) is 41.2 Å². The Morgan fingerprint density at radius 2 is 1.97 bits per heavy atom. The average molecular weight is 435 g/mol. The zero-order valence-electron chi connectivity index (χ0n) is 18.6. The minimum atomic E-state index is -0.369. The van der Waals surface area contributed by atoms with E-state index in [4.69, 9.17) is 9.47 Å². The number of rotatable bonds is 6. The number of ether oxygens (including phenoxy) is 2. The molecule has 7 heteroatoms. The molecular formula is C25H26FN3O3. The van der Waals surface area contributed by atoms with Gasteiger partial charge in [-0.3, -0.25) is 9.78 Å². The number of benzene rings is 2. The van der Waals surface area contributed by atoms with Crippen LogP contribution in [-0.2, 0) is 6.42 Å². The standard InChI is InChI=1S/C25H26FN3O3/c1-14(2)31-18-7-5-17(6-8-18)25(30)28-13-19-11-21-22(26)10-9-20(24(21)32-19)23-16(4)27-12-15(3)29-23/h5-10,12,14,19H,11,13H2,1-4H3,(H,28,30). The van der Waals surface area contributed by atoms with Gasteiger partial charge < -0.3 is 14.8 Å². The van der Waals surface area contributed by atoms with Crippen LogP contribution >= 0.6 is 0 Å². The Kier molecular flexibility index (Phi) is 6.08. The monoisotopic (exact) mass is 435 g/mol. The van der Waals surface area contributed by atoms with Crippen LogP contribution in [0.5, 0.6) is 11.5 Å². The second kappa shape index (κ2) is 8.94. The van der Waals surface area contributed by atoms with E-state index in [0.717, 1.165) is 11.4 Å². The summed E-state index contributed by atoms with van der Waals surface area (Å²) >= 11 is 0. The van der Waals surface area contributed by atoms with Gasteiger partial charge in [0.1, 0.15) is 23.4 Å². The first-order valence-corrected chi connectivity index (χ1v) is 10.7. The third-order valence-corrected chi connectivity index (χ3v) is 5.23. The van der Waals surface area contributed by atoms with Crippen LogP contribution < -0.4 is 14.8 Å². The van der Waals surface area contributed by atoms with Crippen LogP contribution in [0.3, 0.4) is 0 Å². The maximum Gasteiger partial charge on any atom is 0.251 e. The fourth-order valence-corrected chi connectivity index (χ4v) is 3.72. The minimum Gasteiger partial charge on any atom is -0.491 e. The zero-order chi connectivity index (χ0) is 22.8. The first-order chi connectivity index (χ1) is 15.3. The lowest BCUT2D eigenvalue weighted by molar-refractivity contribution is 0.0933. The maximum absolute atomic E-state index is 14.5. The molecule has 3 aromatic rings. The quantitative estimate of drug-likeness (QED) is 0.621. The molecular weight excluding hydrogens is 409 g/mol. The van der Waals surface area contributed by atoms with Crippen LogP contribution in [0.25, 0.3) is 11.3 Å². The van der Waals surface area contributed by atoms with Crippen molar-refractivity contribution in [3.05, 3.63) is 70.9 Å². The minimum absolute atomic E-state index is 0.0654. The number of aryl methyl sites for hydroxylation is 2. The SMILES string of the molecule is Cc1cnc(C)c(-c2ccc(F)c3c2OC(CNC(=O)c2ccc(OC(C)C)cc2)C3)n1. The lowest BCUT2D eigenvalue weighted by Crippen LogP contribution is -2.34. The van der Waals surface area contributed by atoms with Gasteiger partial charge in [-0.2, -0.15) is 0 Å². The molecule has 1 aliphatic rings. The van der Waals surface area contributed by atoms with E-state index in [0.29, 0.717) is 40.3 Å². The molecule has 0 bridgehead atoms. The molecule has 1 amide bonds. The van der Waals surface area contributed by atoms with E-state index in [-0.39, 0.29) is 30.5 Å². The summed E-state index contributed by atoms with van der Waals surface area (Å²) in [5.74, 6) is 0.643. The van der Waals surface area contributed by atoms with Crippen LogP contribution in [0, 0.1) is 19.7 Å². The lowest BCUT2D eigenvalue weighted by Gasteiger charge is -2.14. The van der Waals surface area contributed by atoms with Gasteiger partial charge in [0.2, 0.25) is 0 Å². The summed E-state index contributed by atoms with van der Waals surface area (Å²) < 4.78 is 26.2. The number of nitrogens with one attached hydrogen (secondary N) is 1. The van der Waals surface area contributed by atoms with Gasteiger partial charge >= 0.3 is 0 Å². The maximum atomic E-state index is 14.5. The molecule has 0 aliphatic carbocycles. The highest BCUT2D eigenvalue weighted by molar-refractivity contribution is 5.94. The number of nitrogens with zero attached hydrogens (tertiary/aromatic N) is 2. The van der Waals surface area contributed by atoms with Crippen LogP contribution in [0.4, 0.5) is 4.39 Å². The van der Waals surface area contributed by atoms with E-state index in [1.54, 1.807) is 36.5 Å². The smallest absolute Gasteiger partial charge is 0.251 e. The van der Waals surface area contributed by atoms with Gasteiger partial charge in [0.15, 0.2) is 0 Å². The Morgan fingerprint density at radius 3 is 2.69 bits per heavy atom. The molecule has 0 spiro atoms. The number of hydrogen-bond acceptors (Lipinski definition) is 5. The van der Waals surface area contributed by atoms with Crippen molar-refractivity contribution in [2.24, 2.45) is 0 Å².